The topological polar surface area (TPSA) is 32.3 Å². The Balaban J connectivity index is 1.73. The molecule has 2 aromatic rings. The van der Waals surface area contributed by atoms with E-state index in [1.807, 2.05) is 0 Å². The number of nitrogens with zero attached hydrogens (tertiary/aromatic N) is 1. The third kappa shape index (κ3) is 4.33. The van der Waals surface area contributed by atoms with Crippen molar-refractivity contribution in [2.75, 3.05) is 12.0 Å². The third-order valence-corrected chi connectivity index (χ3v) is 5.50. The molecule has 1 N–H and O–H groups in total. The van der Waals surface area contributed by atoms with Crippen molar-refractivity contribution >= 4 is 69.2 Å². The zero-order valence-electron chi connectivity index (χ0n) is 12.6. The van der Waals surface area contributed by atoms with Crippen LogP contribution in [-0.2, 0) is 4.79 Å². The smallest absolute Gasteiger partial charge is 0.267 e. The maximum absolute atomic E-state index is 13.2. The minimum Gasteiger partial charge on any atom is -0.367 e. The highest BCUT2D eigenvalue weighted by molar-refractivity contribution is 8.26. The molecule has 1 fully saturated rings. The second kappa shape index (κ2) is 7.74. The molecule has 2 aromatic carbocycles. The van der Waals surface area contributed by atoms with Gasteiger partial charge in [-0.2, -0.15) is 0 Å². The fraction of sp³-hybridized carbons (Fsp3) is 0.0588. The Kier molecular flexibility index (Phi) is 5.64. The molecule has 3 rings (SSSR count). The number of nitrogens with one attached hydrogen (secondary N) is 1. The molecule has 0 radical (unpaired) electrons. The van der Waals surface area contributed by atoms with E-state index in [0.29, 0.717) is 25.0 Å². The van der Waals surface area contributed by atoms with E-state index in [1.54, 1.807) is 36.4 Å². The van der Waals surface area contributed by atoms with Gasteiger partial charge in [0.15, 0.2) is 0 Å². The van der Waals surface area contributed by atoms with Crippen molar-refractivity contribution in [1.29, 1.82) is 0 Å². The number of carbonyl (C=O) groups excluding carboxylic acids is 1. The summed E-state index contributed by atoms with van der Waals surface area (Å²) in [6.07, 6.45) is 1.71. The maximum atomic E-state index is 13.2. The Bertz CT molecular complexity index is 889. The number of amides is 1. The van der Waals surface area contributed by atoms with Crippen LogP contribution in [0.4, 0.5) is 10.1 Å². The van der Waals surface area contributed by atoms with Gasteiger partial charge in [-0.1, -0.05) is 59.3 Å². The molecule has 25 heavy (non-hydrogen) atoms. The van der Waals surface area contributed by atoms with Crippen LogP contribution in [0.15, 0.2) is 47.4 Å². The monoisotopic (exact) mass is 412 g/mol. The van der Waals surface area contributed by atoms with Gasteiger partial charge in [0.25, 0.3) is 5.91 Å². The predicted octanol–water partition coefficient (Wildman–Crippen LogP) is 5.40. The van der Waals surface area contributed by atoms with Crippen LogP contribution >= 0.6 is 47.2 Å². The van der Waals surface area contributed by atoms with Gasteiger partial charge in [-0.3, -0.25) is 9.69 Å². The van der Waals surface area contributed by atoms with E-state index in [-0.39, 0.29) is 18.4 Å². The minimum absolute atomic E-state index is 0.160. The molecule has 1 aliphatic heterocycles. The fourth-order valence-electron chi connectivity index (χ4n) is 2.16. The lowest BCUT2D eigenvalue weighted by Gasteiger charge is -2.16. The molecule has 0 aromatic heterocycles. The van der Waals surface area contributed by atoms with Gasteiger partial charge in [0.05, 0.1) is 21.6 Å². The van der Waals surface area contributed by atoms with Gasteiger partial charge in [-0.15, -0.1) is 0 Å². The van der Waals surface area contributed by atoms with E-state index in [1.165, 1.54) is 28.8 Å². The lowest BCUT2D eigenvalue weighted by atomic mass is 10.2. The summed E-state index contributed by atoms with van der Waals surface area (Å²) in [7, 11) is 0. The summed E-state index contributed by atoms with van der Waals surface area (Å²) in [6.45, 7) is 0.160. The van der Waals surface area contributed by atoms with Crippen molar-refractivity contribution in [3.05, 3.63) is 68.8 Å². The number of halogens is 3. The Labute approximate surface area is 163 Å². The number of rotatable bonds is 4. The average molecular weight is 413 g/mol. The molecule has 0 aliphatic carbocycles. The van der Waals surface area contributed by atoms with Crippen LogP contribution in [0.2, 0.25) is 10.0 Å². The molecule has 0 bridgehead atoms. The van der Waals surface area contributed by atoms with E-state index in [0.717, 1.165) is 5.56 Å². The summed E-state index contributed by atoms with van der Waals surface area (Å²) in [5.74, 6) is -0.570. The van der Waals surface area contributed by atoms with Gasteiger partial charge < -0.3 is 5.32 Å². The highest BCUT2D eigenvalue weighted by atomic mass is 35.5. The largest absolute Gasteiger partial charge is 0.367 e. The van der Waals surface area contributed by atoms with Crippen molar-refractivity contribution in [2.45, 2.75) is 0 Å². The highest BCUT2D eigenvalue weighted by Gasteiger charge is 2.31. The van der Waals surface area contributed by atoms with Crippen LogP contribution in [0, 0.1) is 5.82 Å². The molecule has 128 valence electrons. The quantitative estimate of drug-likeness (QED) is 0.537. The van der Waals surface area contributed by atoms with Crippen LogP contribution in [0.25, 0.3) is 6.08 Å². The number of anilines is 1. The molecule has 0 atom stereocenters. The van der Waals surface area contributed by atoms with E-state index < -0.39 is 0 Å². The molecule has 8 heteroatoms. The summed E-state index contributed by atoms with van der Waals surface area (Å²) >= 11 is 18.4. The number of carbonyl (C=O) groups is 1. The second-order valence-corrected chi connectivity index (χ2v) is 7.62. The molecule has 1 amide bonds. The van der Waals surface area contributed by atoms with Crippen molar-refractivity contribution in [2.24, 2.45) is 0 Å². The summed E-state index contributed by atoms with van der Waals surface area (Å²) in [4.78, 5) is 14.5. The van der Waals surface area contributed by atoms with Crippen LogP contribution in [0.1, 0.15) is 5.56 Å². The Morgan fingerprint density at radius 2 is 2.00 bits per heavy atom. The van der Waals surface area contributed by atoms with Gasteiger partial charge in [0.1, 0.15) is 10.1 Å². The molecule has 1 heterocycles. The van der Waals surface area contributed by atoms with Crippen LogP contribution in [0.3, 0.4) is 0 Å². The average Bonchev–Trinajstić information content (AvgIpc) is 2.83. The number of hydrogen-bond donors (Lipinski definition) is 1. The van der Waals surface area contributed by atoms with Gasteiger partial charge in [-0.05, 0) is 42.0 Å². The summed E-state index contributed by atoms with van der Waals surface area (Å²) in [6, 6.07) is 11.1. The SMILES string of the molecule is O=C1/C(=C/c2ccc(Cl)c(Cl)c2)SC(=S)N1CNc1cccc(F)c1. The number of thioether (sulfide) groups is 1. The molecular formula is C17H11Cl2FN2OS2. The maximum Gasteiger partial charge on any atom is 0.267 e. The number of hydrogen-bond acceptors (Lipinski definition) is 4. The molecule has 1 saturated heterocycles. The normalized spacial score (nSPS) is 16.0. The lowest BCUT2D eigenvalue weighted by molar-refractivity contribution is -0.121. The van der Waals surface area contributed by atoms with Crippen molar-refractivity contribution in [1.82, 2.24) is 4.90 Å². The van der Waals surface area contributed by atoms with Gasteiger partial charge in [-0.25, -0.2) is 4.39 Å². The van der Waals surface area contributed by atoms with Gasteiger partial charge in [0.2, 0.25) is 0 Å². The zero-order valence-corrected chi connectivity index (χ0v) is 15.8. The lowest BCUT2D eigenvalue weighted by Crippen LogP contribution is -2.33. The molecule has 0 spiro atoms. The van der Waals surface area contributed by atoms with Gasteiger partial charge >= 0.3 is 0 Å². The Morgan fingerprint density at radius 1 is 1.20 bits per heavy atom. The van der Waals surface area contributed by atoms with E-state index in [4.69, 9.17) is 35.4 Å². The van der Waals surface area contributed by atoms with E-state index >= 15 is 0 Å². The second-order valence-electron chi connectivity index (χ2n) is 5.13. The van der Waals surface area contributed by atoms with Crippen molar-refractivity contribution < 1.29 is 9.18 Å². The first-order valence-corrected chi connectivity index (χ1v) is 9.12. The van der Waals surface area contributed by atoms with Crippen LogP contribution in [0.5, 0.6) is 0 Å². The van der Waals surface area contributed by atoms with Crippen molar-refractivity contribution in [3.8, 4) is 0 Å². The Morgan fingerprint density at radius 3 is 2.72 bits per heavy atom. The number of benzene rings is 2. The standard InChI is InChI=1S/C17H11Cl2FN2OS2/c18-13-5-4-10(6-14(13)19)7-15-16(23)22(17(24)25-15)9-21-12-3-1-2-11(20)8-12/h1-8,21H,9H2/b15-7-. The first-order chi connectivity index (χ1) is 11.9. The molecule has 0 unspecified atom stereocenters. The summed E-state index contributed by atoms with van der Waals surface area (Å²) in [5, 5.41) is 3.85. The first-order valence-electron chi connectivity index (χ1n) is 7.14. The van der Waals surface area contributed by atoms with Crippen LogP contribution in [-0.4, -0.2) is 21.8 Å². The van der Waals surface area contributed by atoms with Crippen molar-refractivity contribution in [3.63, 3.8) is 0 Å². The number of thiocarbonyl (C=S) groups is 1. The van der Waals surface area contributed by atoms with Gasteiger partial charge in [0, 0.05) is 5.69 Å². The molecular weight excluding hydrogens is 402 g/mol. The highest BCUT2D eigenvalue weighted by Crippen LogP contribution is 2.33. The molecule has 0 saturated carbocycles. The molecule has 3 nitrogen and oxygen atoms in total. The summed E-state index contributed by atoms with van der Waals surface area (Å²) < 4.78 is 13.6. The molecule has 1 aliphatic rings. The van der Waals surface area contributed by atoms with E-state index in [9.17, 15) is 9.18 Å². The third-order valence-electron chi connectivity index (χ3n) is 3.38. The van der Waals surface area contributed by atoms with E-state index in [2.05, 4.69) is 5.32 Å². The minimum atomic E-state index is -0.352. The van der Waals surface area contributed by atoms with Crippen LogP contribution < -0.4 is 5.32 Å². The predicted molar refractivity (Wildman–Crippen MR) is 106 cm³/mol. The zero-order chi connectivity index (χ0) is 18.0. The fourth-order valence-corrected chi connectivity index (χ4v) is 3.72. The Hall–Kier alpha value is -1.60. The first kappa shape index (κ1) is 18.2. The summed E-state index contributed by atoms with van der Waals surface area (Å²) in [5.41, 5.74) is 1.33.